The predicted molar refractivity (Wildman–Crippen MR) is 83.7 cm³/mol. The molecule has 0 bridgehead atoms. The quantitative estimate of drug-likeness (QED) is 0.900. The van der Waals surface area contributed by atoms with Crippen molar-refractivity contribution < 1.29 is 4.74 Å². The highest BCUT2D eigenvalue weighted by atomic mass is 35.5. The Labute approximate surface area is 126 Å². The molecule has 0 radical (unpaired) electrons. The van der Waals surface area contributed by atoms with Crippen molar-refractivity contribution in [2.24, 2.45) is 5.41 Å². The van der Waals surface area contributed by atoms with Crippen LogP contribution in [-0.2, 0) is 5.41 Å². The molecule has 1 N–H and O–H groups in total. The van der Waals surface area contributed by atoms with Gasteiger partial charge in [0.15, 0.2) is 0 Å². The summed E-state index contributed by atoms with van der Waals surface area (Å²) in [6, 6.07) is 6.04. The van der Waals surface area contributed by atoms with Crippen molar-refractivity contribution in [1.82, 2.24) is 5.32 Å². The number of rotatable bonds is 4. The van der Waals surface area contributed by atoms with Crippen LogP contribution in [0.1, 0.15) is 44.1 Å². The maximum absolute atomic E-state index is 6.24. The Bertz CT molecular complexity index is 486. The molecule has 0 aliphatic heterocycles. The molecule has 0 unspecified atom stereocenters. The molecule has 1 aromatic rings. The van der Waals surface area contributed by atoms with Crippen molar-refractivity contribution in [3.8, 4) is 5.75 Å². The maximum atomic E-state index is 6.24. The third kappa shape index (κ3) is 2.23. The predicted octanol–water partition coefficient (Wildman–Crippen LogP) is 4.16. The molecule has 0 heterocycles. The molecule has 0 atom stereocenters. The van der Waals surface area contributed by atoms with Gasteiger partial charge in [0.05, 0.1) is 7.11 Å². The van der Waals surface area contributed by atoms with Gasteiger partial charge in [-0.25, -0.2) is 0 Å². The van der Waals surface area contributed by atoms with Gasteiger partial charge in [0.2, 0.25) is 0 Å². The second-order valence-electron chi connectivity index (χ2n) is 6.72. The molecule has 0 saturated heterocycles. The molecular formula is C17H24ClNO. The van der Waals surface area contributed by atoms with Crippen LogP contribution in [0.4, 0.5) is 0 Å². The van der Waals surface area contributed by atoms with Crippen molar-refractivity contribution in [3.63, 3.8) is 0 Å². The van der Waals surface area contributed by atoms with Crippen molar-refractivity contribution in [2.45, 2.75) is 43.9 Å². The first-order valence-electron chi connectivity index (χ1n) is 7.62. The number of ether oxygens (including phenoxy) is 1. The van der Waals surface area contributed by atoms with Crippen LogP contribution in [0.2, 0.25) is 5.02 Å². The van der Waals surface area contributed by atoms with Gasteiger partial charge in [-0.15, -0.1) is 0 Å². The highest BCUT2D eigenvalue weighted by molar-refractivity contribution is 6.30. The van der Waals surface area contributed by atoms with Gasteiger partial charge in [0.25, 0.3) is 0 Å². The van der Waals surface area contributed by atoms with Gasteiger partial charge in [-0.05, 0) is 56.3 Å². The number of benzene rings is 1. The maximum Gasteiger partial charge on any atom is 0.122 e. The van der Waals surface area contributed by atoms with E-state index >= 15 is 0 Å². The van der Waals surface area contributed by atoms with E-state index in [0.29, 0.717) is 5.41 Å². The fourth-order valence-corrected chi connectivity index (χ4v) is 4.88. The van der Waals surface area contributed by atoms with Crippen LogP contribution in [0.5, 0.6) is 5.75 Å². The molecule has 3 rings (SSSR count). The molecule has 1 spiro atoms. The average molecular weight is 294 g/mol. The van der Waals surface area contributed by atoms with E-state index in [0.717, 1.165) is 17.3 Å². The van der Waals surface area contributed by atoms with Crippen LogP contribution < -0.4 is 10.1 Å². The van der Waals surface area contributed by atoms with Gasteiger partial charge in [-0.3, -0.25) is 0 Å². The zero-order valence-electron chi connectivity index (χ0n) is 12.5. The number of likely N-dealkylation sites (N-methyl/N-ethyl adjacent to an activating group) is 1. The van der Waals surface area contributed by atoms with Crippen LogP contribution in [-0.4, -0.2) is 20.7 Å². The standard InChI is InChI=1S/C17H24ClNO/c1-19-12-17(10-16(11-17)7-3-4-8-16)14-9-13(18)5-6-15(14)20-2/h5-6,9,19H,3-4,7-8,10-12H2,1-2H3. The minimum Gasteiger partial charge on any atom is -0.496 e. The lowest BCUT2D eigenvalue weighted by Gasteiger charge is -2.56. The molecule has 3 heteroatoms. The summed E-state index contributed by atoms with van der Waals surface area (Å²) in [5.74, 6) is 0.984. The minimum atomic E-state index is 0.204. The Morgan fingerprint density at radius 3 is 2.55 bits per heavy atom. The van der Waals surface area contributed by atoms with E-state index in [2.05, 4.69) is 11.4 Å². The normalized spacial score (nSPS) is 22.8. The lowest BCUT2D eigenvalue weighted by atomic mass is 9.49. The summed E-state index contributed by atoms with van der Waals surface area (Å²) in [5.41, 5.74) is 2.10. The Morgan fingerprint density at radius 1 is 1.25 bits per heavy atom. The zero-order valence-corrected chi connectivity index (χ0v) is 13.2. The summed E-state index contributed by atoms with van der Waals surface area (Å²) in [6.07, 6.45) is 8.17. The first-order chi connectivity index (χ1) is 9.63. The molecular weight excluding hydrogens is 270 g/mol. The highest BCUT2D eigenvalue weighted by Crippen LogP contribution is 2.63. The summed E-state index contributed by atoms with van der Waals surface area (Å²) >= 11 is 6.24. The largest absolute Gasteiger partial charge is 0.496 e. The monoisotopic (exact) mass is 293 g/mol. The van der Waals surface area contributed by atoms with Gasteiger partial charge >= 0.3 is 0 Å². The minimum absolute atomic E-state index is 0.204. The Balaban J connectivity index is 1.94. The summed E-state index contributed by atoms with van der Waals surface area (Å²) in [4.78, 5) is 0. The highest BCUT2D eigenvalue weighted by Gasteiger charge is 2.56. The van der Waals surface area contributed by atoms with E-state index in [4.69, 9.17) is 16.3 Å². The Kier molecular flexibility index (Phi) is 3.72. The van der Waals surface area contributed by atoms with Crippen LogP contribution in [0.25, 0.3) is 0 Å². The lowest BCUT2D eigenvalue weighted by Crippen LogP contribution is -2.53. The number of methoxy groups -OCH3 is 1. The molecule has 20 heavy (non-hydrogen) atoms. The topological polar surface area (TPSA) is 21.3 Å². The van der Waals surface area contributed by atoms with E-state index in [1.165, 1.54) is 44.1 Å². The molecule has 2 aliphatic carbocycles. The van der Waals surface area contributed by atoms with Crippen molar-refractivity contribution in [2.75, 3.05) is 20.7 Å². The molecule has 110 valence electrons. The number of hydrogen-bond donors (Lipinski definition) is 1. The molecule has 2 nitrogen and oxygen atoms in total. The fraction of sp³-hybridized carbons (Fsp3) is 0.647. The third-order valence-electron chi connectivity index (χ3n) is 5.34. The van der Waals surface area contributed by atoms with Gasteiger partial charge in [0.1, 0.15) is 5.75 Å². The van der Waals surface area contributed by atoms with E-state index in [-0.39, 0.29) is 5.41 Å². The number of nitrogens with one attached hydrogen (secondary N) is 1. The summed E-state index contributed by atoms with van der Waals surface area (Å²) in [5, 5.41) is 4.20. The molecule has 0 amide bonds. The van der Waals surface area contributed by atoms with Crippen molar-refractivity contribution in [3.05, 3.63) is 28.8 Å². The third-order valence-corrected chi connectivity index (χ3v) is 5.57. The first kappa shape index (κ1) is 14.2. The smallest absolute Gasteiger partial charge is 0.122 e. The van der Waals surface area contributed by atoms with E-state index < -0.39 is 0 Å². The first-order valence-corrected chi connectivity index (χ1v) is 8.00. The Morgan fingerprint density at radius 2 is 1.95 bits per heavy atom. The second-order valence-corrected chi connectivity index (χ2v) is 7.15. The second kappa shape index (κ2) is 5.23. The van der Waals surface area contributed by atoms with Crippen LogP contribution >= 0.6 is 11.6 Å². The molecule has 1 aromatic carbocycles. The van der Waals surface area contributed by atoms with Crippen molar-refractivity contribution >= 4 is 11.6 Å². The summed E-state index contributed by atoms with van der Waals surface area (Å²) < 4.78 is 5.59. The van der Waals surface area contributed by atoms with Gasteiger partial charge < -0.3 is 10.1 Å². The fourth-order valence-electron chi connectivity index (χ4n) is 4.71. The van der Waals surface area contributed by atoms with Gasteiger partial charge in [-0.2, -0.15) is 0 Å². The van der Waals surface area contributed by atoms with E-state index in [1.807, 2.05) is 19.2 Å². The summed E-state index contributed by atoms with van der Waals surface area (Å²) in [6.45, 7) is 1.01. The lowest BCUT2D eigenvalue weighted by molar-refractivity contribution is 0.0267. The molecule has 2 saturated carbocycles. The van der Waals surface area contributed by atoms with Crippen molar-refractivity contribution in [1.29, 1.82) is 0 Å². The van der Waals surface area contributed by atoms with Crippen LogP contribution in [0.15, 0.2) is 18.2 Å². The van der Waals surface area contributed by atoms with Crippen LogP contribution in [0.3, 0.4) is 0 Å². The van der Waals surface area contributed by atoms with E-state index in [9.17, 15) is 0 Å². The summed E-state index contributed by atoms with van der Waals surface area (Å²) in [7, 11) is 3.79. The molecule has 2 fully saturated rings. The molecule has 0 aromatic heterocycles. The Hall–Kier alpha value is -0.730. The van der Waals surface area contributed by atoms with Gasteiger partial charge in [0, 0.05) is 22.5 Å². The van der Waals surface area contributed by atoms with Gasteiger partial charge in [-0.1, -0.05) is 24.4 Å². The average Bonchev–Trinajstić information content (AvgIpc) is 2.87. The number of hydrogen-bond acceptors (Lipinski definition) is 2. The zero-order chi connectivity index (χ0) is 14.2. The number of halogens is 1. The van der Waals surface area contributed by atoms with E-state index in [1.54, 1.807) is 7.11 Å². The SMILES string of the molecule is CNCC1(c2cc(Cl)ccc2OC)CC2(CCCC2)C1. The molecule has 2 aliphatic rings. The van der Waals surface area contributed by atoms with Crippen LogP contribution in [0, 0.1) is 5.41 Å².